The van der Waals surface area contributed by atoms with Crippen LogP contribution in [0.1, 0.15) is 39.7 Å². The maximum atomic E-state index is 14.2. The van der Waals surface area contributed by atoms with E-state index in [0.717, 1.165) is 23.4 Å². The van der Waals surface area contributed by atoms with E-state index in [1.54, 1.807) is 16.5 Å². The lowest BCUT2D eigenvalue weighted by atomic mass is 10.1. The number of fused-ring (bicyclic) bond motifs is 3. The predicted molar refractivity (Wildman–Crippen MR) is 91.4 cm³/mol. The van der Waals surface area contributed by atoms with Gasteiger partial charge in [0.25, 0.3) is 5.56 Å². The highest BCUT2D eigenvalue weighted by Crippen LogP contribution is 2.37. The Bertz CT molecular complexity index is 1080. The lowest BCUT2D eigenvalue weighted by Gasteiger charge is -2.08. The molecule has 0 aliphatic heterocycles. The maximum absolute atomic E-state index is 14.2. The van der Waals surface area contributed by atoms with E-state index in [1.165, 1.54) is 23.5 Å². The molecular formula is C18H14FN3O2S. The molecule has 1 aliphatic rings. The van der Waals surface area contributed by atoms with Gasteiger partial charge in [0.15, 0.2) is 4.96 Å². The van der Waals surface area contributed by atoms with E-state index in [-0.39, 0.29) is 30.1 Å². The van der Waals surface area contributed by atoms with Crippen LogP contribution < -0.4 is 5.56 Å². The molecule has 0 spiro atoms. The van der Waals surface area contributed by atoms with Gasteiger partial charge in [-0.3, -0.25) is 9.20 Å². The molecule has 2 heterocycles. The number of rotatable bonds is 3. The summed E-state index contributed by atoms with van der Waals surface area (Å²) >= 11 is 1.45. The van der Waals surface area contributed by atoms with Gasteiger partial charge in [0.1, 0.15) is 11.9 Å². The Morgan fingerprint density at radius 1 is 1.48 bits per heavy atom. The number of nitriles is 1. The molecule has 1 aromatic carbocycles. The van der Waals surface area contributed by atoms with Gasteiger partial charge < -0.3 is 5.11 Å². The third kappa shape index (κ3) is 2.54. The largest absolute Gasteiger partial charge is 0.396 e. The Kier molecular flexibility index (Phi) is 3.86. The summed E-state index contributed by atoms with van der Waals surface area (Å²) in [4.78, 5) is 18.7. The average molecular weight is 355 g/mol. The van der Waals surface area contributed by atoms with Gasteiger partial charge in [-0.1, -0.05) is 12.1 Å². The molecule has 1 N–H and O–H groups in total. The van der Waals surface area contributed by atoms with Crippen molar-refractivity contribution in [1.29, 1.82) is 5.26 Å². The SMILES string of the molecule is N#Cc1cccc(Cc2cc(=O)n3c4c(sc3n2)CCC4CO)c1F. The number of thiazole rings is 1. The van der Waals surface area contributed by atoms with Crippen molar-refractivity contribution in [2.45, 2.75) is 25.2 Å². The quantitative estimate of drug-likeness (QED) is 0.782. The van der Waals surface area contributed by atoms with Crippen LogP contribution in [0.3, 0.4) is 0 Å². The van der Waals surface area contributed by atoms with Crippen LogP contribution >= 0.6 is 11.3 Å². The standard InChI is InChI=1S/C18H14FN3O2S/c19-16-10(2-1-3-11(16)8-20)6-13-7-15(24)22-17-12(9-23)4-5-14(17)25-18(22)21-13/h1-3,7,12,23H,4-6,9H2. The van der Waals surface area contributed by atoms with Crippen LogP contribution in [0.15, 0.2) is 29.1 Å². The number of halogens is 1. The molecule has 0 fully saturated rings. The van der Waals surface area contributed by atoms with Gasteiger partial charge in [-0.25, -0.2) is 9.37 Å². The van der Waals surface area contributed by atoms with Gasteiger partial charge in [0.05, 0.1) is 17.9 Å². The second-order valence-corrected chi connectivity index (χ2v) is 7.16. The second-order valence-electron chi connectivity index (χ2n) is 6.10. The molecule has 3 aromatic rings. The molecule has 0 bridgehead atoms. The number of benzene rings is 1. The van der Waals surface area contributed by atoms with Crippen molar-refractivity contribution in [3.8, 4) is 6.07 Å². The summed E-state index contributed by atoms with van der Waals surface area (Å²) in [5.41, 5.74) is 1.45. The van der Waals surface area contributed by atoms with Crippen molar-refractivity contribution in [2.75, 3.05) is 6.61 Å². The molecule has 1 aliphatic carbocycles. The Labute approximate surface area is 146 Å². The van der Waals surface area contributed by atoms with E-state index in [1.807, 2.05) is 6.07 Å². The van der Waals surface area contributed by atoms with E-state index in [9.17, 15) is 14.3 Å². The first-order valence-corrected chi connectivity index (χ1v) is 8.76. The van der Waals surface area contributed by atoms with Crippen LogP contribution in [0.2, 0.25) is 0 Å². The van der Waals surface area contributed by atoms with E-state index < -0.39 is 5.82 Å². The lowest BCUT2D eigenvalue weighted by Crippen LogP contribution is -2.18. The molecule has 0 saturated heterocycles. The zero-order valence-electron chi connectivity index (χ0n) is 13.2. The minimum atomic E-state index is -0.569. The van der Waals surface area contributed by atoms with Crippen LogP contribution in [0.5, 0.6) is 0 Å². The third-order valence-corrected chi connectivity index (χ3v) is 5.70. The molecule has 25 heavy (non-hydrogen) atoms. The highest BCUT2D eigenvalue weighted by molar-refractivity contribution is 7.17. The van der Waals surface area contributed by atoms with Crippen LogP contribution in [0, 0.1) is 17.1 Å². The maximum Gasteiger partial charge on any atom is 0.258 e. The van der Waals surface area contributed by atoms with Crippen LogP contribution in [-0.4, -0.2) is 21.1 Å². The predicted octanol–water partition coefficient (Wildman–Crippen LogP) is 2.38. The Balaban J connectivity index is 1.79. The van der Waals surface area contributed by atoms with E-state index in [4.69, 9.17) is 5.26 Å². The zero-order valence-corrected chi connectivity index (χ0v) is 14.0. The van der Waals surface area contributed by atoms with E-state index in [2.05, 4.69) is 4.98 Å². The van der Waals surface area contributed by atoms with Crippen molar-refractivity contribution < 1.29 is 9.50 Å². The zero-order chi connectivity index (χ0) is 17.6. The summed E-state index contributed by atoms with van der Waals surface area (Å²) in [5.74, 6) is -0.597. The third-order valence-electron chi connectivity index (χ3n) is 4.58. The van der Waals surface area contributed by atoms with Gasteiger partial charge in [0, 0.05) is 29.0 Å². The van der Waals surface area contributed by atoms with Gasteiger partial charge in [0.2, 0.25) is 0 Å². The van der Waals surface area contributed by atoms with Crippen molar-refractivity contribution in [3.05, 3.63) is 67.8 Å². The minimum absolute atomic E-state index is 0.0131. The highest BCUT2D eigenvalue weighted by atomic mass is 32.1. The first-order valence-electron chi connectivity index (χ1n) is 7.95. The number of aryl methyl sites for hydroxylation is 1. The summed E-state index contributed by atoms with van der Waals surface area (Å²) in [6, 6.07) is 7.86. The molecule has 0 amide bonds. The summed E-state index contributed by atoms with van der Waals surface area (Å²) in [6.45, 7) is 0.0131. The number of hydrogen-bond acceptors (Lipinski definition) is 5. The lowest BCUT2D eigenvalue weighted by molar-refractivity contribution is 0.262. The minimum Gasteiger partial charge on any atom is -0.396 e. The first-order chi connectivity index (χ1) is 12.1. The number of aliphatic hydroxyl groups is 1. The smallest absolute Gasteiger partial charge is 0.258 e. The Morgan fingerprint density at radius 2 is 2.32 bits per heavy atom. The normalized spacial score (nSPS) is 16.1. The topological polar surface area (TPSA) is 78.4 Å². The Morgan fingerprint density at radius 3 is 3.08 bits per heavy atom. The van der Waals surface area contributed by atoms with Crippen LogP contribution in [0.25, 0.3) is 4.96 Å². The first kappa shape index (κ1) is 15.9. The summed E-state index contributed by atoms with van der Waals surface area (Å²) < 4.78 is 15.8. The summed E-state index contributed by atoms with van der Waals surface area (Å²) in [5, 5.41) is 18.4. The van der Waals surface area contributed by atoms with E-state index in [0.29, 0.717) is 16.2 Å². The van der Waals surface area contributed by atoms with Gasteiger partial charge in [-0.2, -0.15) is 5.26 Å². The van der Waals surface area contributed by atoms with Crippen LogP contribution in [-0.2, 0) is 12.8 Å². The fourth-order valence-electron chi connectivity index (χ4n) is 3.38. The molecule has 0 radical (unpaired) electrons. The summed E-state index contributed by atoms with van der Waals surface area (Å²) in [6.07, 6.45) is 1.83. The number of hydrogen-bond donors (Lipinski definition) is 1. The molecule has 1 unspecified atom stereocenters. The average Bonchev–Trinajstić information content (AvgIpc) is 3.15. The number of nitrogens with zero attached hydrogens (tertiary/aromatic N) is 3. The molecule has 0 saturated carbocycles. The molecule has 1 atom stereocenters. The van der Waals surface area contributed by atoms with Crippen molar-refractivity contribution >= 4 is 16.3 Å². The Hall–Kier alpha value is -2.56. The van der Waals surface area contributed by atoms with E-state index >= 15 is 0 Å². The van der Waals surface area contributed by atoms with Crippen molar-refractivity contribution in [1.82, 2.24) is 9.38 Å². The monoisotopic (exact) mass is 355 g/mol. The number of aliphatic hydroxyl groups excluding tert-OH is 1. The van der Waals surface area contributed by atoms with Crippen molar-refractivity contribution in [2.24, 2.45) is 0 Å². The van der Waals surface area contributed by atoms with Gasteiger partial charge >= 0.3 is 0 Å². The highest BCUT2D eigenvalue weighted by Gasteiger charge is 2.28. The van der Waals surface area contributed by atoms with Gasteiger partial charge in [-0.05, 0) is 24.5 Å². The van der Waals surface area contributed by atoms with Gasteiger partial charge in [-0.15, -0.1) is 11.3 Å². The van der Waals surface area contributed by atoms with Crippen LogP contribution in [0.4, 0.5) is 4.39 Å². The van der Waals surface area contributed by atoms with Crippen molar-refractivity contribution in [3.63, 3.8) is 0 Å². The summed E-state index contributed by atoms with van der Waals surface area (Å²) in [7, 11) is 0. The molecule has 4 rings (SSSR count). The second kappa shape index (κ2) is 6.06. The molecule has 2 aromatic heterocycles. The molecule has 126 valence electrons. The number of aromatic nitrogens is 2. The molecular weight excluding hydrogens is 341 g/mol. The fourth-order valence-corrected chi connectivity index (χ4v) is 4.63. The molecule has 7 heteroatoms. The molecule has 5 nitrogen and oxygen atoms in total. The fraction of sp³-hybridized carbons (Fsp3) is 0.278.